The van der Waals surface area contributed by atoms with E-state index in [0.717, 1.165) is 55.8 Å². The van der Waals surface area contributed by atoms with Crippen LogP contribution in [0.3, 0.4) is 0 Å². The van der Waals surface area contributed by atoms with Crippen molar-refractivity contribution in [2.45, 2.75) is 64.4 Å². The van der Waals surface area contributed by atoms with Crippen LogP contribution >= 0.6 is 0 Å². The van der Waals surface area contributed by atoms with E-state index >= 15 is 0 Å². The number of aryl methyl sites for hydroxylation is 1. The van der Waals surface area contributed by atoms with Gasteiger partial charge in [-0.25, -0.2) is 4.68 Å². The lowest BCUT2D eigenvalue weighted by molar-refractivity contribution is -0.169. The second-order valence-corrected chi connectivity index (χ2v) is 9.14. The monoisotopic (exact) mass is 456 g/mol. The average Bonchev–Trinajstić information content (AvgIpc) is 3.12. The van der Waals surface area contributed by atoms with E-state index in [1.165, 1.54) is 0 Å². The van der Waals surface area contributed by atoms with Crippen LogP contribution in [0.25, 0.3) is 11.4 Å². The van der Waals surface area contributed by atoms with Gasteiger partial charge in [0.25, 0.3) is 0 Å². The summed E-state index contributed by atoms with van der Waals surface area (Å²) in [5, 5.41) is 8.46. The van der Waals surface area contributed by atoms with E-state index in [9.17, 15) is 4.79 Å². The van der Waals surface area contributed by atoms with Gasteiger partial charge >= 0.3 is 5.97 Å². The highest BCUT2D eigenvalue weighted by molar-refractivity contribution is 5.70. The van der Waals surface area contributed by atoms with E-state index in [4.69, 9.17) is 18.9 Å². The van der Waals surface area contributed by atoms with Gasteiger partial charge in [-0.15, -0.1) is 5.10 Å². The molecule has 1 aliphatic heterocycles. The molecular formula is C24H32N4O5. The lowest BCUT2D eigenvalue weighted by atomic mass is 10.1. The fourth-order valence-corrected chi connectivity index (χ4v) is 5.34. The summed E-state index contributed by atoms with van der Waals surface area (Å²) in [6, 6.07) is 3.84. The number of pyridine rings is 1. The van der Waals surface area contributed by atoms with Gasteiger partial charge in [0.1, 0.15) is 17.5 Å². The minimum Gasteiger partial charge on any atom is -0.489 e. The van der Waals surface area contributed by atoms with Gasteiger partial charge in [-0.2, -0.15) is 0 Å². The number of esters is 1. The second-order valence-electron chi connectivity index (χ2n) is 9.14. The topological polar surface area (TPSA) is 97.6 Å². The van der Waals surface area contributed by atoms with Crippen molar-refractivity contribution in [1.82, 2.24) is 20.0 Å². The number of rotatable bonds is 9. The van der Waals surface area contributed by atoms with Crippen LogP contribution in [0, 0.1) is 17.8 Å². The number of fused-ring (bicyclic) bond motifs is 1. The van der Waals surface area contributed by atoms with Crippen LogP contribution in [0.15, 0.2) is 18.3 Å². The number of hydrogen-bond acceptors (Lipinski definition) is 8. The Hall–Kier alpha value is -2.52. The maximum absolute atomic E-state index is 11.8. The molecule has 0 amide bonds. The molecule has 0 radical (unpaired) electrons. The van der Waals surface area contributed by atoms with Crippen molar-refractivity contribution in [3.8, 4) is 17.1 Å². The van der Waals surface area contributed by atoms with Crippen LogP contribution in [-0.4, -0.2) is 51.6 Å². The Labute approximate surface area is 193 Å². The predicted octanol–water partition coefficient (Wildman–Crippen LogP) is 3.28. The average molecular weight is 457 g/mol. The zero-order chi connectivity index (χ0) is 22.8. The minimum atomic E-state index is -0.171. The van der Waals surface area contributed by atoms with Crippen molar-refractivity contribution in [2.24, 2.45) is 24.8 Å². The van der Waals surface area contributed by atoms with Gasteiger partial charge in [0.15, 0.2) is 6.29 Å². The van der Waals surface area contributed by atoms with Gasteiger partial charge in [-0.1, -0.05) is 5.21 Å². The first-order valence-electron chi connectivity index (χ1n) is 12.0. The molecule has 2 unspecified atom stereocenters. The van der Waals surface area contributed by atoms with E-state index in [1.54, 1.807) is 10.9 Å². The molecule has 9 heteroatoms. The molecule has 2 aliphatic carbocycles. The van der Waals surface area contributed by atoms with E-state index in [1.807, 2.05) is 26.1 Å². The van der Waals surface area contributed by atoms with Gasteiger partial charge in [0, 0.05) is 26.0 Å². The summed E-state index contributed by atoms with van der Waals surface area (Å²) < 4.78 is 24.7. The molecule has 1 saturated heterocycles. The van der Waals surface area contributed by atoms with Crippen LogP contribution < -0.4 is 4.74 Å². The molecule has 0 spiro atoms. The van der Waals surface area contributed by atoms with Gasteiger partial charge < -0.3 is 18.9 Å². The standard InChI is InChI=1S/C24H32N4O5/c1-3-30-21(29)12-17-16-8-10-20(23(16)17)33-15-7-9-18(25-13-15)24-19(28(2)27-26-24)14-32-22-6-4-5-11-31-22/h7,9,13,16-17,20,22-23H,3-6,8,10-12,14H2,1-2H3/t16-,17?,20+,22?,23-/m0/s1. The highest BCUT2D eigenvalue weighted by Crippen LogP contribution is 2.60. The Balaban J connectivity index is 1.19. The minimum absolute atomic E-state index is 0.0968. The second kappa shape index (κ2) is 9.77. The number of hydrogen-bond donors (Lipinski definition) is 0. The van der Waals surface area contributed by atoms with Crippen LogP contribution in [0.5, 0.6) is 5.75 Å². The van der Waals surface area contributed by atoms with Crippen LogP contribution in [-0.2, 0) is 32.7 Å². The lowest BCUT2D eigenvalue weighted by Crippen LogP contribution is -2.22. The van der Waals surface area contributed by atoms with E-state index in [0.29, 0.717) is 43.1 Å². The molecule has 2 aromatic heterocycles. The molecule has 5 atom stereocenters. The van der Waals surface area contributed by atoms with Crippen molar-refractivity contribution in [3.63, 3.8) is 0 Å². The molecular weight excluding hydrogens is 424 g/mol. The summed E-state index contributed by atoms with van der Waals surface area (Å²) in [5.41, 5.74) is 2.30. The van der Waals surface area contributed by atoms with E-state index in [-0.39, 0.29) is 18.4 Å². The Morgan fingerprint density at radius 1 is 1.24 bits per heavy atom. The van der Waals surface area contributed by atoms with Gasteiger partial charge in [-0.3, -0.25) is 9.78 Å². The zero-order valence-corrected chi connectivity index (χ0v) is 19.3. The normalized spacial score (nSPS) is 28.4. The third-order valence-electron chi connectivity index (χ3n) is 7.07. The third kappa shape index (κ3) is 4.89. The van der Waals surface area contributed by atoms with Crippen LogP contribution in [0.4, 0.5) is 0 Å². The maximum Gasteiger partial charge on any atom is 0.306 e. The molecule has 3 heterocycles. The molecule has 0 aromatic carbocycles. The van der Waals surface area contributed by atoms with Crippen molar-refractivity contribution >= 4 is 5.97 Å². The molecule has 0 N–H and O–H groups in total. The zero-order valence-electron chi connectivity index (χ0n) is 19.3. The number of aromatic nitrogens is 4. The summed E-state index contributed by atoms with van der Waals surface area (Å²) in [5.74, 6) is 2.07. The Kier molecular flexibility index (Phi) is 6.59. The smallest absolute Gasteiger partial charge is 0.306 e. The first-order chi connectivity index (χ1) is 16.1. The number of carbonyl (C=O) groups is 1. The van der Waals surface area contributed by atoms with E-state index in [2.05, 4.69) is 15.3 Å². The molecule has 0 bridgehead atoms. The van der Waals surface area contributed by atoms with Crippen molar-refractivity contribution in [2.75, 3.05) is 13.2 Å². The molecule has 33 heavy (non-hydrogen) atoms. The molecule has 3 aliphatic rings. The molecule has 5 rings (SSSR count). The number of ether oxygens (including phenoxy) is 4. The van der Waals surface area contributed by atoms with Crippen LogP contribution in [0.2, 0.25) is 0 Å². The summed E-state index contributed by atoms with van der Waals surface area (Å²) in [7, 11) is 1.85. The first kappa shape index (κ1) is 22.3. The van der Waals surface area contributed by atoms with Crippen LogP contribution in [0.1, 0.15) is 51.1 Å². The van der Waals surface area contributed by atoms with Gasteiger partial charge in [0.05, 0.1) is 30.8 Å². The molecule has 2 saturated carbocycles. The fraction of sp³-hybridized carbons (Fsp3) is 0.667. The molecule has 3 fully saturated rings. The van der Waals surface area contributed by atoms with Crippen molar-refractivity contribution in [1.29, 1.82) is 0 Å². The van der Waals surface area contributed by atoms with Crippen molar-refractivity contribution in [3.05, 3.63) is 24.0 Å². The number of nitrogens with zero attached hydrogens (tertiary/aromatic N) is 4. The summed E-state index contributed by atoms with van der Waals surface area (Å²) in [6.07, 6.45) is 7.46. The largest absolute Gasteiger partial charge is 0.489 e. The summed E-state index contributed by atoms with van der Waals surface area (Å²) in [4.78, 5) is 16.4. The third-order valence-corrected chi connectivity index (χ3v) is 7.07. The van der Waals surface area contributed by atoms with Gasteiger partial charge in [-0.05, 0) is 63.0 Å². The Morgan fingerprint density at radius 3 is 2.91 bits per heavy atom. The maximum atomic E-state index is 11.8. The quantitative estimate of drug-likeness (QED) is 0.530. The van der Waals surface area contributed by atoms with Crippen molar-refractivity contribution < 1.29 is 23.7 Å². The highest BCUT2D eigenvalue weighted by atomic mass is 16.7. The Bertz CT molecular complexity index is 956. The molecule has 178 valence electrons. The summed E-state index contributed by atoms with van der Waals surface area (Å²) in [6.45, 7) is 3.40. The highest BCUT2D eigenvalue weighted by Gasteiger charge is 2.59. The molecule has 9 nitrogen and oxygen atoms in total. The fourth-order valence-electron chi connectivity index (χ4n) is 5.34. The summed E-state index contributed by atoms with van der Waals surface area (Å²) >= 11 is 0. The molecule has 2 aromatic rings. The van der Waals surface area contributed by atoms with E-state index < -0.39 is 0 Å². The number of carbonyl (C=O) groups excluding carboxylic acids is 1. The van der Waals surface area contributed by atoms with Gasteiger partial charge in [0.2, 0.25) is 0 Å². The lowest BCUT2D eigenvalue weighted by Gasteiger charge is -2.22. The Morgan fingerprint density at radius 2 is 2.15 bits per heavy atom. The first-order valence-corrected chi connectivity index (χ1v) is 12.0. The SMILES string of the molecule is CCOC(=O)CC1[C@H]2[C@H](Oc3ccc(-c4nnn(C)c4COC4CCCCO4)nc3)CC[C@@H]12. The predicted molar refractivity (Wildman–Crippen MR) is 118 cm³/mol.